The summed E-state index contributed by atoms with van der Waals surface area (Å²) in [6.45, 7) is 4.34. The molecule has 1 aliphatic rings. The molecule has 0 aromatic heterocycles. The van der Waals surface area contributed by atoms with Crippen molar-refractivity contribution in [3.63, 3.8) is 0 Å². The number of amides is 1. The first-order valence-corrected chi connectivity index (χ1v) is 8.57. The summed E-state index contributed by atoms with van der Waals surface area (Å²) in [4.78, 5) is 12.1. The van der Waals surface area contributed by atoms with Crippen molar-refractivity contribution in [3.05, 3.63) is 27.7 Å². The monoisotopic (exact) mass is 360 g/mol. The van der Waals surface area contributed by atoms with E-state index < -0.39 is 10.0 Å². The summed E-state index contributed by atoms with van der Waals surface area (Å²) in [5, 5.41) is 8.00. The minimum absolute atomic E-state index is 0.0327. The van der Waals surface area contributed by atoms with E-state index in [0.717, 1.165) is 12.8 Å². The van der Waals surface area contributed by atoms with Gasteiger partial charge in [0.2, 0.25) is 10.0 Å². The molecular formula is C13H17BrN2O3S. The lowest BCUT2D eigenvalue weighted by molar-refractivity contribution is 0.0946. The van der Waals surface area contributed by atoms with Gasteiger partial charge in [0.15, 0.2) is 0 Å². The van der Waals surface area contributed by atoms with Crippen LogP contribution in [0.4, 0.5) is 0 Å². The molecule has 0 spiro atoms. The molecule has 2 rings (SSSR count). The summed E-state index contributed by atoms with van der Waals surface area (Å²) in [7, 11) is -3.85. The second-order valence-corrected chi connectivity index (χ2v) is 8.00. The third kappa shape index (κ3) is 3.39. The van der Waals surface area contributed by atoms with E-state index in [1.165, 1.54) is 6.07 Å². The normalized spacial score (nSPS) is 16.8. The van der Waals surface area contributed by atoms with E-state index in [1.807, 2.05) is 0 Å². The van der Waals surface area contributed by atoms with Gasteiger partial charge < -0.3 is 5.32 Å². The van der Waals surface area contributed by atoms with Gasteiger partial charge in [-0.05, 0) is 42.9 Å². The number of sulfonamides is 1. The predicted molar refractivity (Wildman–Crippen MR) is 79.9 cm³/mol. The number of nitrogens with one attached hydrogen (secondary N) is 1. The first-order valence-electron chi connectivity index (χ1n) is 6.24. The van der Waals surface area contributed by atoms with Gasteiger partial charge in [0, 0.05) is 16.6 Å². The molecule has 0 atom stereocenters. The zero-order valence-electron chi connectivity index (χ0n) is 11.4. The summed E-state index contributed by atoms with van der Waals surface area (Å²) < 4.78 is 23.6. The number of rotatable bonds is 4. The topological polar surface area (TPSA) is 89.3 Å². The molecule has 0 unspecified atom stereocenters. The van der Waals surface area contributed by atoms with E-state index in [0.29, 0.717) is 16.6 Å². The maximum absolute atomic E-state index is 12.1. The first kappa shape index (κ1) is 15.5. The second-order valence-electron chi connectivity index (χ2n) is 5.62. The highest BCUT2D eigenvalue weighted by molar-refractivity contribution is 9.10. The van der Waals surface area contributed by atoms with Crippen molar-refractivity contribution in [1.29, 1.82) is 0 Å². The van der Waals surface area contributed by atoms with Crippen molar-refractivity contribution >= 4 is 31.9 Å². The van der Waals surface area contributed by atoms with Crippen molar-refractivity contribution in [2.75, 3.05) is 6.54 Å². The summed E-state index contributed by atoms with van der Waals surface area (Å²) in [5.41, 5.74) is 0.981. The molecule has 1 aromatic carbocycles. The Kier molecular flexibility index (Phi) is 3.96. The standard InChI is InChI=1S/C13H17BrN2O3S/c1-8-10(14)5-9(6-11(8)20(15,18)19)12(17)16-7-13(2)3-4-13/h5-6H,3-4,7H2,1-2H3,(H,16,17)(H2,15,18,19). The van der Waals surface area contributed by atoms with Gasteiger partial charge in [-0.1, -0.05) is 22.9 Å². The number of carbonyl (C=O) groups is 1. The van der Waals surface area contributed by atoms with Crippen molar-refractivity contribution in [1.82, 2.24) is 5.32 Å². The lowest BCUT2D eigenvalue weighted by Crippen LogP contribution is -2.29. The van der Waals surface area contributed by atoms with Crippen LogP contribution in [0.25, 0.3) is 0 Å². The number of benzene rings is 1. The lowest BCUT2D eigenvalue weighted by atomic mass is 10.1. The van der Waals surface area contributed by atoms with Crippen LogP contribution in [-0.4, -0.2) is 20.9 Å². The number of carbonyl (C=O) groups excluding carboxylic acids is 1. The number of nitrogens with two attached hydrogens (primary N) is 1. The number of primary sulfonamides is 1. The van der Waals surface area contributed by atoms with E-state index >= 15 is 0 Å². The van der Waals surface area contributed by atoms with Gasteiger partial charge in [0.1, 0.15) is 0 Å². The first-order chi connectivity index (χ1) is 9.12. The van der Waals surface area contributed by atoms with Crippen LogP contribution in [-0.2, 0) is 10.0 Å². The Labute approximate surface area is 127 Å². The van der Waals surface area contributed by atoms with Crippen LogP contribution < -0.4 is 10.5 Å². The van der Waals surface area contributed by atoms with Gasteiger partial charge in [0.25, 0.3) is 5.91 Å². The SMILES string of the molecule is Cc1c(Br)cc(C(=O)NCC2(C)CC2)cc1S(N)(=O)=O. The largest absolute Gasteiger partial charge is 0.351 e. The number of hydrogen-bond acceptors (Lipinski definition) is 3. The number of hydrogen-bond donors (Lipinski definition) is 2. The molecule has 20 heavy (non-hydrogen) atoms. The third-order valence-electron chi connectivity index (χ3n) is 3.64. The van der Waals surface area contributed by atoms with Gasteiger partial charge in [-0.15, -0.1) is 0 Å². The Hall–Kier alpha value is -0.920. The quantitative estimate of drug-likeness (QED) is 0.859. The molecule has 3 N–H and O–H groups in total. The molecule has 110 valence electrons. The molecule has 7 heteroatoms. The van der Waals surface area contributed by atoms with Crippen LogP contribution in [0.1, 0.15) is 35.7 Å². The van der Waals surface area contributed by atoms with E-state index in [2.05, 4.69) is 28.2 Å². The van der Waals surface area contributed by atoms with Crippen LogP contribution in [0.3, 0.4) is 0 Å². The third-order valence-corrected chi connectivity index (χ3v) is 5.51. The van der Waals surface area contributed by atoms with Crippen LogP contribution >= 0.6 is 15.9 Å². The van der Waals surface area contributed by atoms with E-state index in [-0.39, 0.29) is 21.8 Å². The van der Waals surface area contributed by atoms with Crippen LogP contribution in [0.2, 0.25) is 0 Å². The van der Waals surface area contributed by atoms with Gasteiger partial charge in [-0.3, -0.25) is 4.79 Å². The van der Waals surface area contributed by atoms with Gasteiger partial charge in [0.05, 0.1) is 4.90 Å². The zero-order chi connectivity index (χ0) is 15.1. The predicted octanol–water partition coefficient (Wildman–Crippen LogP) is 1.93. The molecule has 0 aliphatic heterocycles. The summed E-state index contributed by atoms with van der Waals surface area (Å²) >= 11 is 3.26. The molecule has 1 amide bonds. The fraction of sp³-hybridized carbons (Fsp3) is 0.462. The maximum atomic E-state index is 12.1. The van der Waals surface area contributed by atoms with Crippen LogP contribution in [0.15, 0.2) is 21.5 Å². The molecular weight excluding hydrogens is 344 g/mol. The Morgan fingerprint density at radius 3 is 2.55 bits per heavy atom. The highest BCUT2D eigenvalue weighted by Crippen LogP contribution is 2.44. The summed E-state index contributed by atoms with van der Waals surface area (Å²) in [5.74, 6) is -0.288. The summed E-state index contributed by atoms with van der Waals surface area (Å²) in [6.07, 6.45) is 2.21. The van der Waals surface area contributed by atoms with Gasteiger partial charge in [-0.25, -0.2) is 13.6 Å². The zero-order valence-corrected chi connectivity index (χ0v) is 13.8. The molecule has 0 radical (unpaired) electrons. The van der Waals surface area contributed by atoms with E-state index in [9.17, 15) is 13.2 Å². The highest BCUT2D eigenvalue weighted by Gasteiger charge is 2.37. The van der Waals surface area contributed by atoms with E-state index in [1.54, 1.807) is 13.0 Å². The fourth-order valence-electron chi connectivity index (χ4n) is 1.87. The Bertz CT molecular complexity index is 666. The molecule has 0 heterocycles. The fourth-order valence-corrected chi connectivity index (χ4v) is 3.29. The van der Waals surface area contributed by atoms with Crippen LogP contribution in [0, 0.1) is 12.3 Å². The second kappa shape index (κ2) is 5.13. The van der Waals surface area contributed by atoms with Gasteiger partial charge >= 0.3 is 0 Å². The Morgan fingerprint density at radius 1 is 1.45 bits per heavy atom. The Morgan fingerprint density at radius 2 is 2.05 bits per heavy atom. The number of halogens is 1. The average Bonchev–Trinajstić information content (AvgIpc) is 3.06. The molecule has 5 nitrogen and oxygen atoms in total. The molecule has 1 aliphatic carbocycles. The average molecular weight is 361 g/mol. The smallest absolute Gasteiger partial charge is 0.251 e. The minimum atomic E-state index is -3.85. The minimum Gasteiger partial charge on any atom is -0.351 e. The molecule has 0 saturated heterocycles. The molecule has 1 saturated carbocycles. The molecule has 0 bridgehead atoms. The van der Waals surface area contributed by atoms with E-state index in [4.69, 9.17) is 5.14 Å². The van der Waals surface area contributed by atoms with Crippen LogP contribution in [0.5, 0.6) is 0 Å². The lowest BCUT2D eigenvalue weighted by Gasteiger charge is -2.12. The van der Waals surface area contributed by atoms with Gasteiger partial charge in [-0.2, -0.15) is 0 Å². The maximum Gasteiger partial charge on any atom is 0.251 e. The molecule has 1 aromatic rings. The highest BCUT2D eigenvalue weighted by atomic mass is 79.9. The Balaban J connectivity index is 2.28. The van der Waals surface area contributed by atoms with Crippen molar-refractivity contribution in [3.8, 4) is 0 Å². The summed E-state index contributed by atoms with van der Waals surface area (Å²) in [6, 6.07) is 2.93. The van der Waals surface area contributed by atoms with Crippen molar-refractivity contribution < 1.29 is 13.2 Å². The molecule has 1 fully saturated rings. The van der Waals surface area contributed by atoms with Crippen molar-refractivity contribution in [2.45, 2.75) is 31.6 Å². The van der Waals surface area contributed by atoms with Crippen molar-refractivity contribution in [2.24, 2.45) is 10.6 Å².